The summed E-state index contributed by atoms with van der Waals surface area (Å²) in [6, 6.07) is 14.8. The van der Waals surface area contributed by atoms with E-state index in [0.29, 0.717) is 23.5 Å². The number of aryl methyl sites for hydroxylation is 1. The second kappa shape index (κ2) is 9.56. The number of hydrogen-bond acceptors (Lipinski definition) is 4. The molecule has 5 rings (SSSR count). The van der Waals surface area contributed by atoms with Crippen LogP contribution in [0, 0.1) is 17.3 Å². The first-order chi connectivity index (χ1) is 16.8. The summed E-state index contributed by atoms with van der Waals surface area (Å²) in [5.41, 5.74) is 3.69. The summed E-state index contributed by atoms with van der Waals surface area (Å²) in [4.78, 5) is 25.2. The molecule has 0 spiro atoms. The van der Waals surface area contributed by atoms with Crippen LogP contribution in [0.4, 0.5) is 4.79 Å². The minimum Gasteiger partial charge on any atom is -0.508 e. The first kappa shape index (κ1) is 23.7. The van der Waals surface area contributed by atoms with Gasteiger partial charge in [-0.05, 0) is 97.4 Å². The van der Waals surface area contributed by atoms with Gasteiger partial charge in [-0.1, -0.05) is 43.3 Å². The number of nitrogens with one attached hydrogen (secondary N) is 2. The van der Waals surface area contributed by atoms with Gasteiger partial charge in [0.15, 0.2) is 0 Å². The molecule has 2 fully saturated rings. The zero-order valence-corrected chi connectivity index (χ0v) is 20.6. The van der Waals surface area contributed by atoms with Gasteiger partial charge in [-0.15, -0.1) is 0 Å². The summed E-state index contributed by atoms with van der Waals surface area (Å²) >= 11 is 0. The third kappa shape index (κ3) is 4.63. The Hall–Kier alpha value is -3.02. The van der Waals surface area contributed by atoms with Crippen LogP contribution in [-0.2, 0) is 22.6 Å². The molecular formula is C29H36N2O4. The molecule has 0 saturated heterocycles. The van der Waals surface area contributed by atoms with Crippen LogP contribution < -0.4 is 10.6 Å². The van der Waals surface area contributed by atoms with Crippen LogP contribution in [0.2, 0.25) is 0 Å². The lowest BCUT2D eigenvalue weighted by molar-refractivity contribution is -0.124. The average molecular weight is 477 g/mol. The lowest BCUT2D eigenvalue weighted by Gasteiger charge is -2.51. The molecule has 6 atom stereocenters. The van der Waals surface area contributed by atoms with Gasteiger partial charge in [0, 0.05) is 6.04 Å². The fourth-order valence-electron chi connectivity index (χ4n) is 7.11. The molecule has 0 unspecified atom stereocenters. The van der Waals surface area contributed by atoms with Crippen molar-refractivity contribution in [1.82, 2.24) is 10.6 Å². The number of carbonyl (C=O) groups excluding carboxylic acids is 2. The van der Waals surface area contributed by atoms with Crippen molar-refractivity contribution in [3.63, 3.8) is 0 Å². The number of rotatable bonds is 5. The van der Waals surface area contributed by atoms with Crippen molar-refractivity contribution < 1.29 is 19.4 Å². The molecule has 35 heavy (non-hydrogen) atoms. The van der Waals surface area contributed by atoms with Crippen LogP contribution in [0.1, 0.15) is 68.6 Å². The number of ether oxygens (including phenoxy) is 1. The Bertz CT molecular complexity index is 1090. The van der Waals surface area contributed by atoms with E-state index in [9.17, 15) is 14.7 Å². The highest BCUT2D eigenvalue weighted by Crippen LogP contribution is 2.61. The lowest BCUT2D eigenvalue weighted by atomic mass is 9.55. The van der Waals surface area contributed by atoms with Crippen molar-refractivity contribution in [3.05, 3.63) is 65.2 Å². The zero-order valence-electron chi connectivity index (χ0n) is 20.6. The molecule has 0 bridgehead atoms. The summed E-state index contributed by atoms with van der Waals surface area (Å²) < 4.78 is 5.27. The molecule has 186 valence electrons. The number of amides is 2. The highest BCUT2D eigenvalue weighted by atomic mass is 16.5. The van der Waals surface area contributed by atoms with Crippen molar-refractivity contribution in [2.75, 3.05) is 0 Å². The molecular weight excluding hydrogens is 440 g/mol. The molecule has 2 aromatic rings. The van der Waals surface area contributed by atoms with E-state index in [4.69, 9.17) is 4.74 Å². The van der Waals surface area contributed by atoms with E-state index in [1.165, 1.54) is 11.1 Å². The van der Waals surface area contributed by atoms with E-state index in [-0.39, 0.29) is 24.0 Å². The molecule has 2 aromatic carbocycles. The topological polar surface area (TPSA) is 87.7 Å². The van der Waals surface area contributed by atoms with Crippen molar-refractivity contribution in [2.24, 2.45) is 17.3 Å². The Morgan fingerprint density at radius 3 is 2.71 bits per heavy atom. The molecule has 2 amide bonds. The normalized spacial score (nSPS) is 29.8. The van der Waals surface area contributed by atoms with E-state index < -0.39 is 12.1 Å². The third-order valence-electron chi connectivity index (χ3n) is 8.97. The largest absolute Gasteiger partial charge is 0.508 e. The smallest absolute Gasteiger partial charge is 0.408 e. The van der Waals surface area contributed by atoms with E-state index in [1.54, 1.807) is 6.92 Å². The van der Waals surface area contributed by atoms with Gasteiger partial charge in [-0.2, -0.15) is 0 Å². The van der Waals surface area contributed by atoms with Crippen molar-refractivity contribution >= 4 is 12.0 Å². The molecule has 2 saturated carbocycles. The molecule has 3 N–H and O–H groups in total. The molecule has 0 aliphatic heterocycles. The summed E-state index contributed by atoms with van der Waals surface area (Å²) in [5.74, 6) is 1.95. The summed E-state index contributed by atoms with van der Waals surface area (Å²) in [6.07, 6.45) is 5.86. The van der Waals surface area contributed by atoms with Crippen LogP contribution in [0.15, 0.2) is 48.5 Å². The van der Waals surface area contributed by atoms with Gasteiger partial charge in [0.2, 0.25) is 5.91 Å². The third-order valence-corrected chi connectivity index (χ3v) is 8.97. The molecule has 6 heteroatoms. The van der Waals surface area contributed by atoms with Crippen molar-refractivity contribution in [2.45, 2.75) is 77.0 Å². The number of carbonyl (C=O) groups is 2. The highest BCUT2D eigenvalue weighted by molar-refractivity contribution is 5.85. The maximum absolute atomic E-state index is 13.0. The van der Waals surface area contributed by atoms with E-state index in [1.807, 2.05) is 42.5 Å². The van der Waals surface area contributed by atoms with Crippen molar-refractivity contribution in [1.29, 1.82) is 0 Å². The maximum Gasteiger partial charge on any atom is 0.408 e. The number of aromatic hydroxyl groups is 1. The predicted octanol–water partition coefficient (Wildman–Crippen LogP) is 5.05. The van der Waals surface area contributed by atoms with Crippen LogP contribution in [0.5, 0.6) is 5.75 Å². The minimum absolute atomic E-state index is 0.0682. The number of fused-ring (bicyclic) bond motifs is 5. The van der Waals surface area contributed by atoms with Gasteiger partial charge in [0.05, 0.1) is 0 Å². The van der Waals surface area contributed by atoms with Gasteiger partial charge in [0.1, 0.15) is 18.4 Å². The Labute approximate surface area is 207 Å². The zero-order chi connectivity index (χ0) is 24.6. The Kier molecular flexibility index (Phi) is 6.47. The molecule has 0 aromatic heterocycles. The molecule has 0 radical (unpaired) electrons. The number of phenols is 1. The van der Waals surface area contributed by atoms with Gasteiger partial charge < -0.3 is 20.5 Å². The quantitative estimate of drug-likeness (QED) is 0.564. The van der Waals surface area contributed by atoms with Crippen molar-refractivity contribution in [3.8, 4) is 5.75 Å². The monoisotopic (exact) mass is 476 g/mol. The SMILES string of the molecule is C[C@H](NC(=O)OCc1ccccc1)C(=O)N[C@H]1CC[C@H]2[C@@H]3CCc4cc(O)ccc4[C@H]3CC[C@]12C. The summed E-state index contributed by atoms with van der Waals surface area (Å²) in [5, 5.41) is 15.9. The van der Waals surface area contributed by atoms with Crippen LogP contribution in [0.25, 0.3) is 0 Å². The number of benzene rings is 2. The van der Waals surface area contributed by atoms with Gasteiger partial charge in [0.25, 0.3) is 0 Å². The van der Waals surface area contributed by atoms with Crippen LogP contribution in [-0.4, -0.2) is 29.2 Å². The standard InChI is InChI=1S/C29H36N2O4/c1-18(30-28(34)35-17-19-6-4-3-5-7-19)27(33)31-26-13-12-25-24-10-8-20-16-21(32)9-11-22(20)23(24)14-15-29(25,26)2/h3-7,9,11,16,18,23-26,32H,8,10,12-15,17H2,1-2H3,(H,30,34)(H,31,33)/t18-,23+,24+,25-,26-,29-/m0/s1. The molecule has 0 heterocycles. The maximum atomic E-state index is 13.0. The fourth-order valence-corrected chi connectivity index (χ4v) is 7.11. The summed E-state index contributed by atoms with van der Waals surface area (Å²) in [7, 11) is 0. The van der Waals surface area contributed by atoms with E-state index in [0.717, 1.165) is 44.1 Å². The second-order valence-electron chi connectivity index (χ2n) is 10.9. The van der Waals surface area contributed by atoms with E-state index >= 15 is 0 Å². The Balaban J connectivity index is 1.18. The van der Waals surface area contributed by atoms with Gasteiger partial charge in [-0.25, -0.2) is 4.79 Å². The average Bonchev–Trinajstić information content (AvgIpc) is 3.19. The van der Waals surface area contributed by atoms with Gasteiger partial charge >= 0.3 is 6.09 Å². The molecule has 6 nitrogen and oxygen atoms in total. The fraction of sp³-hybridized carbons (Fsp3) is 0.517. The highest BCUT2D eigenvalue weighted by Gasteiger charge is 2.55. The van der Waals surface area contributed by atoms with Crippen LogP contribution >= 0.6 is 0 Å². The second-order valence-corrected chi connectivity index (χ2v) is 10.9. The summed E-state index contributed by atoms with van der Waals surface area (Å²) in [6.45, 7) is 4.23. The lowest BCUT2D eigenvalue weighted by Crippen LogP contribution is -2.54. The number of alkyl carbamates (subject to hydrolysis) is 1. The van der Waals surface area contributed by atoms with Gasteiger partial charge in [-0.3, -0.25) is 4.79 Å². The Morgan fingerprint density at radius 2 is 1.91 bits per heavy atom. The number of phenolic OH excluding ortho intramolecular Hbond substituents is 1. The number of hydrogen-bond donors (Lipinski definition) is 3. The first-order valence-electron chi connectivity index (χ1n) is 12.9. The van der Waals surface area contributed by atoms with E-state index in [2.05, 4.69) is 23.6 Å². The first-order valence-corrected chi connectivity index (χ1v) is 12.9. The predicted molar refractivity (Wildman–Crippen MR) is 134 cm³/mol. The Morgan fingerprint density at radius 1 is 1.11 bits per heavy atom. The van der Waals surface area contributed by atoms with Crippen LogP contribution in [0.3, 0.4) is 0 Å². The molecule has 3 aliphatic rings. The minimum atomic E-state index is -0.661. The molecule has 3 aliphatic carbocycles.